The summed E-state index contributed by atoms with van der Waals surface area (Å²) in [6, 6.07) is 21.0. The molecule has 3 fully saturated rings. The van der Waals surface area contributed by atoms with Crippen LogP contribution in [0.15, 0.2) is 71.6 Å². The minimum absolute atomic E-state index is 0.000898. The van der Waals surface area contributed by atoms with E-state index in [0.29, 0.717) is 44.1 Å². The molecule has 0 saturated carbocycles. The molecule has 49 heavy (non-hydrogen) atoms. The van der Waals surface area contributed by atoms with Gasteiger partial charge in [-0.05, 0) is 119 Å². The van der Waals surface area contributed by atoms with Gasteiger partial charge in [0.15, 0.2) is 0 Å². The van der Waals surface area contributed by atoms with Crippen molar-refractivity contribution in [3.63, 3.8) is 0 Å². The molecule has 0 radical (unpaired) electrons. The number of likely N-dealkylation sites (tertiary alicyclic amines) is 1. The van der Waals surface area contributed by atoms with E-state index in [4.69, 9.17) is 21.4 Å². The summed E-state index contributed by atoms with van der Waals surface area (Å²) < 4.78 is 42.6. The van der Waals surface area contributed by atoms with E-state index in [9.17, 15) is 17.6 Å². The molecule has 12 heteroatoms. The van der Waals surface area contributed by atoms with Crippen LogP contribution in [0.25, 0.3) is 11.0 Å². The Bertz CT molecular complexity index is 1950. The molecule has 7 rings (SSSR count). The molecule has 0 unspecified atom stereocenters. The zero-order valence-corrected chi connectivity index (χ0v) is 29.5. The van der Waals surface area contributed by atoms with Gasteiger partial charge in [0.25, 0.3) is 15.9 Å². The molecule has 3 aliphatic heterocycles. The number of halogens is 2. The number of nitrogens with zero attached hydrogens (tertiary/aromatic N) is 4. The number of sulfonamides is 1. The van der Waals surface area contributed by atoms with Crippen LogP contribution in [-0.2, 0) is 20.3 Å². The monoisotopic (exact) mass is 707 g/mol. The van der Waals surface area contributed by atoms with Gasteiger partial charge < -0.3 is 9.47 Å². The van der Waals surface area contributed by atoms with Crippen LogP contribution in [0.2, 0.25) is 5.02 Å². The summed E-state index contributed by atoms with van der Waals surface area (Å²) in [5.74, 6) is 0.554. The first-order valence-corrected chi connectivity index (χ1v) is 19.1. The van der Waals surface area contributed by atoms with Gasteiger partial charge in [0.2, 0.25) is 0 Å². The molecule has 1 aromatic heterocycles. The number of para-hydroxylation sites is 2. The molecule has 0 aliphatic carbocycles. The number of carbonyl (C=O) groups excluding carboxylic acids is 1. The van der Waals surface area contributed by atoms with E-state index in [-0.39, 0.29) is 39.2 Å². The highest BCUT2D eigenvalue weighted by atomic mass is 35.5. The van der Waals surface area contributed by atoms with Crippen LogP contribution in [0.1, 0.15) is 79.7 Å². The van der Waals surface area contributed by atoms with Crippen molar-refractivity contribution in [1.82, 2.24) is 24.2 Å². The maximum atomic E-state index is 14.7. The van der Waals surface area contributed by atoms with Crippen molar-refractivity contribution in [2.75, 3.05) is 26.2 Å². The van der Waals surface area contributed by atoms with E-state index in [1.807, 2.05) is 17.0 Å². The zero-order valence-electron chi connectivity index (χ0n) is 27.9. The van der Waals surface area contributed by atoms with Crippen LogP contribution in [-0.4, -0.2) is 72.0 Å². The average Bonchev–Trinajstić information content (AvgIpc) is 3.56. The van der Waals surface area contributed by atoms with Crippen LogP contribution in [0.3, 0.4) is 0 Å². The molecule has 3 aliphatic rings. The lowest BCUT2D eigenvalue weighted by Crippen LogP contribution is -2.49. The molecule has 4 aromatic rings. The first-order chi connectivity index (χ1) is 23.6. The van der Waals surface area contributed by atoms with Gasteiger partial charge in [-0.3, -0.25) is 14.5 Å². The van der Waals surface area contributed by atoms with Gasteiger partial charge in [0.1, 0.15) is 16.5 Å². The highest BCUT2D eigenvalue weighted by Crippen LogP contribution is 2.45. The van der Waals surface area contributed by atoms with Crippen LogP contribution >= 0.6 is 11.6 Å². The van der Waals surface area contributed by atoms with E-state index in [0.717, 1.165) is 42.7 Å². The topological polar surface area (TPSA) is 96.8 Å². The van der Waals surface area contributed by atoms with Gasteiger partial charge >= 0.3 is 0 Å². The van der Waals surface area contributed by atoms with Crippen LogP contribution in [0, 0.1) is 12.7 Å². The Morgan fingerprint density at radius 3 is 2.47 bits per heavy atom. The summed E-state index contributed by atoms with van der Waals surface area (Å²) in [4.78, 5) is 29.7. The Hall–Kier alpha value is -3.35. The number of benzene rings is 3. The molecule has 1 amide bonds. The van der Waals surface area contributed by atoms with E-state index >= 15 is 0 Å². The highest BCUT2D eigenvalue weighted by molar-refractivity contribution is 7.89. The van der Waals surface area contributed by atoms with E-state index in [1.54, 1.807) is 30.0 Å². The summed E-state index contributed by atoms with van der Waals surface area (Å²) in [6.07, 6.45) is 6.77. The molecule has 2 bridgehead atoms. The Balaban J connectivity index is 1.07. The smallest absolute Gasteiger partial charge is 0.263 e. The van der Waals surface area contributed by atoms with Crippen LogP contribution < -0.4 is 4.89 Å². The van der Waals surface area contributed by atoms with Gasteiger partial charge in [-0.25, -0.2) is 17.8 Å². The van der Waals surface area contributed by atoms with Crippen molar-refractivity contribution >= 4 is 38.6 Å². The lowest BCUT2D eigenvalue weighted by molar-refractivity contribution is 0.0606. The largest absolute Gasteiger partial charge is 0.339 e. The number of aromatic nitrogens is 2. The lowest BCUT2D eigenvalue weighted by Gasteiger charge is -2.45. The van der Waals surface area contributed by atoms with Gasteiger partial charge in [-0.1, -0.05) is 40.8 Å². The minimum atomic E-state index is -4.07. The second kappa shape index (κ2) is 13.8. The third kappa shape index (κ3) is 6.63. The average molecular weight is 708 g/mol. The Morgan fingerprint density at radius 1 is 1.02 bits per heavy atom. The minimum Gasteiger partial charge on any atom is -0.339 e. The third-order valence-corrected chi connectivity index (χ3v) is 12.8. The quantitative estimate of drug-likeness (QED) is 0.182. The van der Waals surface area contributed by atoms with Crippen molar-refractivity contribution in [3.8, 4) is 0 Å². The molecule has 4 heterocycles. The zero-order chi connectivity index (χ0) is 34.3. The van der Waals surface area contributed by atoms with Crippen molar-refractivity contribution in [1.29, 1.82) is 0 Å². The lowest BCUT2D eigenvalue weighted by atomic mass is 9.70. The van der Waals surface area contributed by atoms with Gasteiger partial charge in [-0.15, -0.1) is 0 Å². The predicted octanol–water partition coefficient (Wildman–Crippen LogP) is 6.80. The standard InChI is InChI=1S/C37H43ClFN5O4S/c1-3-48-41-49(46,47)35-21-26(11-14-32(35)38)36(45)42-18-15-37(16-19-42,27-7-6-8-28(39)22-27)17-20-43-29-12-13-30(43)24-31(23-29)44-25(2)40-33-9-4-5-10-34(33)44/h4-11,14,21-22,29-31,41H,3,12-13,15-20,23-24H2,1-2H3/t29-,30+,31+. The number of carbonyl (C=O) groups is 1. The van der Waals surface area contributed by atoms with Crippen molar-refractivity contribution in [2.45, 2.75) is 87.2 Å². The van der Waals surface area contributed by atoms with E-state index in [1.165, 1.54) is 36.6 Å². The van der Waals surface area contributed by atoms with Crippen LogP contribution in [0.4, 0.5) is 4.39 Å². The normalized spacial score (nSPS) is 22.5. The summed E-state index contributed by atoms with van der Waals surface area (Å²) in [7, 11) is -4.07. The van der Waals surface area contributed by atoms with Crippen molar-refractivity contribution in [2.24, 2.45) is 0 Å². The number of piperidine rings is 2. The summed E-state index contributed by atoms with van der Waals surface area (Å²) in [6.45, 7) is 5.77. The summed E-state index contributed by atoms with van der Waals surface area (Å²) in [5.41, 5.74) is 3.19. The fraction of sp³-hybridized carbons (Fsp3) is 0.459. The molecule has 3 aromatic carbocycles. The fourth-order valence-electron chi connectivity index (χ4n) is 8.64. The fourth-order valence-corrected chi connectivity index (χ4v) is 10.0. The number of amides is 1. The SMILES string of the molecule is CCONS(=O)(=O)c1cc(C(=O)N2CCC(CCN3[C@@H]4CC[C@H]3C[C@@H](n3c(C)nc5ccccc53)C4)(c3cccc(F)c3)CC2)ccc1Cl. The Kier molecular flexibility index (Phi) is 9.58. The molecule has 3 saturated heterocycles. The number of hydrogen-bond donors (Lipinski definition) is 1. The van der Waals surface area contributed by atoms with Crippen molar-refractivity contribution in [3.05, 3.63) is 94.5 Å². The summed E-state index contributed by atoms with van der Waals surface area (Å²) in [5, 5.41) is -0.000898. The molecular formula is C37H43ClFN5O4S. The highest BCUT2D eigenvalue weighted by Gasteiger charge is 2.44. The second-order valence-corrected chi connectivity index (χ2v) is 15.8. The van der Waals surface area contributed by atoms with Crippen LogP contribution in [0.5, 0.6) is 0 Å². The molecule has 260 valence electrons. The van der Waals surface area contributed by atoms with Gasteiger partial charge in [-0.2, -0.15) is 0 Å². The van der Waals surface area contributed by atoms with Gasteiger partial charge in [0.05, 0.1) is 22.7 Å². The summed E-state index contributed by atoms with van der Waals surface area (Å²) >= 11 is 6.22. The molecule has 9 nitrogen and oxygen atoms in total. The number of rotatable bonds is 10. The molecular weight excluding hydrogens is 665 g/mol. The van der Waals surface area contributed by atoms with E-state index in [2.05, 4.69) is 34.6 Å². The molecule has 3 atom stereocenters. The van der Waals surface area contributed by atoms with E-state index < -0.39 is 10.0 Å². The number of aryl methyl sites for hydroxylation is 1. The number of hydrogen-bond acceptors (Lipinski definition) is 6. The number of nitrogens with one attached hydrogen (secondary N) is 1. The second-order valence-electron chi connectivity index (χ2n) is 13.8. The van der Waals surface area contributed by atoms with Gasteiger partial charge in [0, 0.05) is 36.8 Å². The van der Waals surface area contributed by atoms with Crippen molar-refractivity contribution < 1.29 is 22.4 Å². The Morgan fingerprint density at radius 2 is 1.76 bits per heavy atom. The first kappa shape index (κ1) is 34.1. The maximum absolute atomic E-state index is 14.7. The predicted molar refractivity (Wildman–Crippen MR) is 187 cm³/mol. The third-order valence-electron chi connectivity index (χ3n) is 11.1. The molecule has 1 N–H and O–H groups in total. The molecule has 0 spiro atoms. The number of imidazole rings is 1. The Labute approximate surface area is 292 Å². The first-order valence-electron chi connectivity index (χ1n) is 17.3. The number of fused-ring (bicyclic) bond motifs is 3. The maximum Gasteiger partial charge on any atom is 0.263 e.